The van der Waals surface area contributed by atoms with Gasteiger partial charge in [0.2, 0.25) is 11.8 Å². The average Bonchev–Trinajstić information content (AvgIpc) is 3.13. The largest absolute Gasteiger partial charge is 0.436 e. The SMILES string of the molecule is O=C(CSCc1ccccc1Cl)Nc1ccc2nc(-c3ccccc3)oc2c1. The fourth-order valence-electron chi connectivity index (χ4n) is 2.77. The number of hydrogen-bond acceptors (Lipinski definition) is 4. The maximum atomic E-state index is 12.2. The Hall–Kier alpha value is -2.76. The molecule has 0 unspecified atom stereocenters. The van der Waals surface area contributed by atoms with Gasteiger partial charge in [0.05, 0.1) is 5.75 Å². The van der Waals surface area contributed by atoms with Crippen LogP contribution in [-0.2, 0) is 10.5 Å². The van der Waals surface area contributed by atoms with E-state index >= 15 is 0 Å². The van der Waals surface area contributed by atoms with E-state index in [0.717, 1.165) is 21.7 Å². The molecule has 0 fully saturated rings. The van der Waals surface area contributed by atoms with Crippen LogP contribution in [0.15, 0.2) is 77.2 Å². The Bertz CT molecular complexity index is 1110. The molecule has 1 aromatic heterocycles. The van der Waals surface area contributed by atoms with Crippen LogP contribution in [0.25, 0.3) is 22.6 Å². The number of amides is 1. The number of thioether (sulfide) groups is 1. The average molecular weight is 409 g/mol. The van der Waals surface area contributed by atoms with E-state index < -0.39 is 0 Å². The van der Waals surface area contributed by atoms with Crippen LogP contribution in [0.1, 0.15) is 5.56 Å². The number of carbonyl (C=O) groups excluding carboxylic acids is 1. The van der Waals surface area contributed by atoms with Crippen LogP contribution in [0, 0.1) is 0 Å². The maximum absolute atomic E-state index is 12.2. The van der Waals surface area contributed by atoms with Gasteiger partial charge in [-0.05, 0) is 35.9 Å². The van der Waals surface area contributed by atoms with Gasteiger partial charge in [0, 0.05) is 28.1 Å². The minimum atomic E-state index is -0.0702. The summed E-state index contributed by atoms with van der Waals surface area (Å²) in [7, 11) is 0. The number of nitrogens with one attached hydrogen (secondary N) is 1. The molecule has 6 heteroatoms. The second-order valence-electron chi connectivity index (χ2n) is 6.20. The lowest BCUT2D eigenvalue weighted by Crippen LogP contribution is -2.14. The Balaban J connectivity index is 1.39. The highest BCUT2D eigenvalue weighted by molar-refractivity contribution is 7.99. The van der Waals surface area contributed by atoms with Crippen molar-refractivity contribution in [2.24, 2.45) is 0 Å². The molecule has 0 saturated heterocycles. The number of aromatic nitrogens is 1. The van der Waals surface area contributed by atoms with Gasteiger partial charge in [-0.3, -0.25) is 4.79 Å². The molecule has 0 aliphatic heterocycles. The van der Waals surface area contributed by atoms with Crippen molar-refractivity contribution in [2.45, 2.75) is 5.75 Å². The van der Waals surface area contributed by atoms with Gasteiger partial charge >= 0.3 is 0 Å². The van der Waals surface area contributed by atoms with Crippen LogP contribution in [-0.4, -0.2) is 16.6 Å². The molecule has 4 aromatic rings. The van der Waals surface area contributed by atoms with E-state index in [9.17, 15) is 4.79 Å². The lowest BCUT2D eigenvalue weighted by molar-refractivity contribution is -0.113. The first-order valence-corrected chi connectivity index (χ1v) is 10.3. The Labute approximate surface area is 171 Å². The van der Waals surface area contributed by atoms with Gasteiger partial charge in [-0.1, -0.05) is 48.0 Å². The summed E-state index contributed by atoms with van der Waals surface area (Å²) in [5.41, 5.74) is 4.02. The number of oxazole rings is 1. The predicted octanol–water partition coefficient (Wildman–Crippen LogP) is 6.02. The summed E-state index contributed by atoms with van der Waals surface area (Å²) < 4.78 is 5.85. The summed E-state index contributed by atoms with van der Waals surface area (Å²) in [4.78, 5) is 16.7. The number of hydrogen-bond donors (Lipinski definition) is 1. The van der Waals surface area contributed by atoms with E-state index in [4.69, 9.17) is 16.0 Å². The molecule has 1 heterocycles. The normalized spacial score (nSPS) is 10.9. The first-order chi connectivity index (χ1) is 13.7. The van der Waals surface area contributed by atoms with Crippen LogP contribution in [0.2, 0.25) is 5.02 Å². The molecule has 4 nitrogen and oxygen atoms in total. The van der Waals surface area contributed by atoms with Crippen molar-refractivity contribution in [1.82, 2.24) is 4.98 Å². The molecular weight excluding hydrogens is 392 g/mol. The number of halogens is 1. The summed E-state index contributed by atoms with van der Waals surface area (Å²) in [5, 5.41) is 3.63. The number of fused-ring (bicyclic) bond motifs is 1. The van der Waals surface area contributed by atoms with E-state index in [-0.39, 0.29) is 5.91 Å². The van der Waals surface area contributed by atoms with E-state index in [1.807, 2.05) is 66.7 Å². The Morgan fingerprint density at radius 2 is 1.82 bits per heavy atom. The minimum absolute atomic E-state index is 0.0702. The zero-order chi connectivity index (χ0) is 19.3. The van der Waals surface area contributed by atoms with Crippen LogP contribution in [0.3, 0.4) is 0 Å². The summed E-state index contributed by atoms with van der Waals surface area (Å²) in [6.45, 7) is 0. The lowest BCUT2D eigenvalue weighted by atomic mass is 10.2. The zero-order valence-electron chi connectivity index (χ0n) is 14.9. The topological polar surface area (TPSA) is 55.1 Å². The number of rotatable bonds is 6. The van der Waals surface area contributed by atoms with Gasteiger partial charge in [-0.15, -0.1) is 11.8 Å². The minimum Gasteiger partial charge on any atom is -0.436 e. The third-order valence-electron chi connectivity index (χ3n) is 4.14. The first-order valence-electron chi connectivity index (χ1n) is 8.76. The van der Waals surface area contributed by atoms with Crippen LogP contribution >= 0.6 is 23.4 Å². The van der Waals surface area contributed by atoms with Gasteiger partial charge in [0.1, 0.15) is 5.52 Å². The van der Waals surface area contributed by atoms with Gasteiger partial charge in [-0.25, -0.2) is 4.98 Å². The quantitative estimate of drug-likeness (QED) is 0.423. The molecule has 0 atom stereocenters. The van der Waals surface area contributed by atoms with Crippen molar-refractivity contribution in [1.29, 1.82) is 0 Å². The molecule has 28 heavy (non-hydrogen) atoms. The molecule has 3 aromatic carbocycles. The summed E-state index contributed by atoms with van der Waals surface area (Å²) in [6.07, 6.45) is 0. The Kier molecular flexibility index (Phi) is 5.65. The van der Waals surface area contributed by atoms with Crippen LogP contribution < -0.4 is 5.32 Å². The molecule has 1 N–H and O–H groups in total. The fraction of sp³-hybridized carbons (Fsp3) is 0.0909. The van der Waals surface area contributed by atoms with E-state index in [0.29, 0.717) is 28.7 Å². The predicted molar refractivity (Wildman–Crippen MR) is 116 cm³/mol. The van der Waals surface area contributed by atoms with Crippen molar-refractivity contribution >= 4 is 46.1 Å². The van der Waals surface area contributed by atoms with Crippen molar-refractivity contribution in [2.75, 3.05) is 11.1 Å². The zero-order valence-corrected chi connectivity index (χ0v) is 16.5. The van der Waals surface area contributed by atoms with E-state index in [1.54, 1.807) is 6.07 Å². The fourth-order valence-corrected chi connectivity index (χ4v) is 3.89. The smallest absolute Gasteiger partial charge is 0.234 e. The standard InChI is InChI=1S/C22H17ClN2O2S/c23-18-9-5-4-8-16(18)13-28-14-21(26)24-17-10-11-19-20(12-17)27-22(25-19)15-6-2-1-3-7-15/h1-12H,13-14H2,(H,24,26). The molecule has 0 radical (unpaired) electrons. The number of anilines is 1. The summed E-state index contributed by atoms with van der Waals surface area (Å²) in [5.74, 6) is 1.53. The highest BCUT2D eigenvalue weighted by Crippen LogP contribution is 2.26. The molecule has 1 amide bonds. The third-order valence-corrected chi connectivity index (χ3v) is 5.49. The number of carbonyl (C=O) groups is 1. The van der Waals surface area contributed by atoms with Crippen LogP contribution in [0.4, 0.5) is 5.69 Å². The van der Waals surface area contributed by atoms with Crippen molar-refractivity contribution in [3.05, 3.63) is 83.4 Å². The maximum Gasteiger partial charge on any atom is 0.234 e. The van der Waals surface area contributed by atoms with E-state index in [2.05, 4.69) is 10.3 Å². The first kappa shape index (κ1) is 18.6. The van der Waals surface area contributed by atoms with Gasteiger partial charge in [0.15, 0.2) is 5.58 Å². The van der Waals surface area contributed by atoms with Crippen molar-refractivity contribution < 1.29 is 9.21 Å². The third kappa shape index (κ3) is 4.38. The second kappa shape index (κ2) is 8.50. The van der Waals surface area contributed by atoms with Crippen molar-refractivity contribution in [3.8, 4) is 11.5 Å². The van der Waals surface area contributed by atoms with E-state index in [1.165, 1.54) is 11.8 Å². The highest BCUT2D eigenvalue weighted by Gasteiger charge is 2.10. The molecule has 0 aliphatic rings. The number of benzene rings is 3. The van der Waals surface area contributed by atoms with Crippen molar-refractivity contribution in [3.63, 3.8) is 0 Å². The molecule has 4 rings (SSSR count). The molecule has 0 saturated carbocycles. The molecular formula is C22H17ClN2O2S. The second-order valence-corrected chi connectivity index (χ2v) is 7.59. The Morgan fingerprint density at radius 3 is 2.64 bits per heavy atom. The monoisotopic (exact) mass is 408 g/mol. The number of nitrogens with zero attached hydrogens (tertiary/aromatic N) is 1. The summed E-state index contributed by atoms with van der Waals surface area (Å²) in [6, 6.07) is 22.9. The molecule has 0 aliphatic carbocycles. The Morgan fingerprint density at radius 1 is 1.04 bits per heavy atom. The van der Waals surface area contributed by atoms with Crippen LogP contribution in [0.5, 0.6) is 0 Å². The molecule has 140 valence electrons. The van der Waals surface area contributed by atoms with Gasteiger partial charge < -0.3 is 9.73 Å². The summed E-state index contributed by atoms with van der Waals surface area (Å²) >= 11 is 7.66. The highest BCUT2D eigenvalue weighted by atomic mass is 35.5. The van der Waals surface area contributed by atoms with Gasteiger partial charge in [0.25, 0.3) is 0 Å². The lowest BCUT2D eigenvalue weighted by Gasteiger charge is -2.06. The molecule has 0 bridgehead atoms. The van der Waals surface area contributed by atoms with Gasteiger partial charge in [-0.2, -0.15) is 0 Å². The molecule has 0 spiro atoms.